The highest BCUT2D eigenvalue weighted by molar-refractivity contribution is 5.80. The third-order valence-corrected chi connectivity index (χ3v) is 5.82. The number of nitriles is 1. The van der Waals surface area contributed by atoms with Gasteiger partial charge in [-0.05, 0) is 44.0 Å². The number of fused-ring (bicyclic) bond motifs is 1. The van der Waals surface area contributed by atoms with E-state index in [2.05, 4.69) is 17.0 Å². The lowest BCUT2D eigenvalue weighted by atomic mass is 9.98. The third kappa shape index (κ3) is 3.66. The molecule has 154 valence electrons. The lowest BCUT2D eigenvalue weighted by Crippen LogP contribution is -2.36. The first-order valence-corrected chi connectivity index (χ1v) is 10.2. The first-order chi connectivity index (χ1) is 14.5. The number of pyridine rings is 1. The summed E-state index contributed by atoms with van der Waals surface area (Å²) in [6, 6.07) is 10.00. The highest BCUT2D eigenvalue weighted by Gasteiger charge is 2.15. The smallest absolute Gasteiger partial charge is 0.159 e. The van der Waals surface area contributed by atoms with E-state index in [1.54, 1.807) is 0 Å². The molecule has 7 nitrogen and oxygen atoms in total. The normalized spacial score (nSPS) is 16.0. The molecule has 0 spiro atoms. The molecular formula is C23H26N6O. The van der Waals surface area contributed by atoms with Gasteiger partial charge in [0.15, 0.2) is 5.49 Å². The minimum atomic E-state index is -0.124. The van der Waals surface area contributed by atoms with Crippen molar-refractivity contribution in [2.24, 2.45) is 12.0 Å². The number of aromatic nitrogens is 3. The standard InChI is InChI=1S/C23H26N6O/c1-15-18(13-24)6-5-7-19(15)16(2)26-23-20-12-22(29-8-10-30-11-9-29)25-14-21(20)28(4)17(3)27-23/h5-7,12,14,16H,8-11H2,1-4H3/t16-/m1/s1. The monoisotopic (exact) mass is 402 g/mol. The maximum atomic E-state index is 9.36. The molecule has 0 radical (unpaired) electrons. The molecule has 0 aliphatic carbocycles. The van der Waals surface area contributed by atoms with Gasteiger partial charge in [-0.3, -0.25) is 4.99 Å². The van der Waals surface area contributed by atoms with Crippen molar-refractivity contribution in [3.05, 3.63) is 58.5 Å². The number of nitrogens with zero attached hydrogens (tertiary/aromatic N) is 6. The van der Waals surface area contributed by atoms with Gasteiger partial charge in [0.25, 0.3) is 0 Å². The Morgan fingerprint density at radius 2 is 2.00 bits per heavy atom. The number of rotatable bonds is 3. The SMILES string of the molecule is Cc1c(C#N)cccc1[C@@H](C)N=c1nc(C)n(C)c2cnc(N3CCOCC3)cc12. The van der Waals surface area contributed by atoms with Crippen LogP contribution in [0.25, 0.3) is 10.9 Å². The summed E-state index contributed by atoms with van der Waals surface area (Å²) in [7, 11) is 1.99. The van der Waals surface area contributed by atoms with Crippen molar-refractivity contribution in [1.29, 1.82) is 5.26 Å². The molecule has 0 N–H and O–H groups in total. The number of anilines is 1. The molecule has 3 aromatic rings. The molecule has 4 rings (SSSR count). The molecule has 1 atom stereocenters. The first-order valence-electron chi connectivity index (χ1n) is 10.2. The van der Waals surface area contributed by atoms with Gasteiger partial charge in [-0.1, -0.05) is 12.1 Å². The summed E-state index contributed by atoms with van der Waals surface area (Å²) >= 11 is 0. The number of hydrogen-bond acceptors (Lipinski definition) is 6. The van der Waals surface area contributed by atoms with Crippen LogP contribution in [-0.4, -0.2) is 40.8 Å². The quantitative estimate of drug-likeness (QED) is 0.673. The maximum Gasteiger partial charge on any atom is 0.159 e. The maximum absolute atomic E-state index is 9.36. The van der Waals surface area contributed by atoms with Crippen molar-refractivity contribution >= 4 is 16.7 Å². The Balaban J connectivity index is 1.86. The van der Waals surface area contributed by atoms with Crippen LogP contribution in [0.2, 0.25) is 0 Å². The molecule has 0 unspecified atom stereocenters. The number of ether oxygens (including phenoxy) is 1. The predicted octanol–water partition coefficient (Wildman–Crippen LogP) is 2.96. The molecule has 7 heteroatoms. The van der Waals surface area contributed by atoms with Gasteiger partial charge in [0.05, 0.1) is 42.6 Å². The van der Waals surface area contributed by atoms with Crippen LogP contribution in [0.4, 0.5) is 5.82 Å². The first kappa shape index (κ1) is 20.0. The molecule has 0 amide bonds. The Kier molecular flexibility index (Phi) is 5.51. The van der Waals surface area contributed by atoms with Crippen molar-refractivity contribution in [2.75, 3.05) is 31.2 Å². The molecule has 0 saturated carbocycles. The summed E-state index contributed by atoms with van der Waals surface area (Å²) in [5.74, 6) is 1.79. The zero-order valence-corrected chi connectivity index (χ0v) is 17.9. The lowest BCUT2D eigenvalue weighted by Gasteiger charge is -2.28. The summed E-state index contributed by atoms with van der Waals surface area (Å²) in [4.78, 5) is 16.7. The third-order valence-electron chi connectivity index (χ3n) is 5.82. The Bertz CT molecular complexity index is 1200. The zero-order chi connectivity index (χ0) is 21.3. The second-order valence-electron chi connectivity index (χ2n) is 7.64. The number of morpholine rings is 1. The molecule has 3 heterocycles. The summed E-state index contributed by atoms with van der Waals surface area (Å²) in [5.41, 5.74) is 4.38. The van der Waals surface area contributed by atoms with Gasteiger partial charge in [-0.15, -0.1) is 0 Å². The predicted molar refractivity (Wildman–Crippen MR) is 116 cm³/mol. The Labute approximate surface area is 176 Å². The van der Waals surface area contributed by atoms with Crippen molar-refractivity contribution in [2.45, 2.75) is 26.8 Å². The number of aryl methyl sites for hydroxylation is 2. The van der Waals surface area contributed by atoms with E-state index >= 15 is 0 Å². The number of hydrogen-bond donors (Lipinski definition) is 0. The molecule has 0 bridgehead atoms. The van der Waals surface area contributed by atoms with E-state index in [1.807, 2.05) is 56.8 Å². The van der Waals surface area contributed by atoms with Gasteiger partial charge in [0.1, 0.15) is 11.6 Å². The fourth-order valence-corrected chi connectivity index (χ4v) is 3.89. The van der Waals surface area contributed by atoms with Crippen molar-refractivity contribution in [3.63, 3.8) is 0 Å². The van der Waals surface area contributed by atoms with Crippen LogP contribution in [0.15, 0.2) is 35.5 Å². The van der Waals surface area contributed by atoms with E-state index < -0.39 is 0 Å². The summed E-state index contributed by atoms with van der Waals surface area (Å²) < 4.78 is 7.51. The van der Waals surface area contributed by atoms with Gasteiger partial charge in [-0.2, -0.15) is 5.26 Å². The van der Waals surface area contributed by atoms with Gasteiger partial charge in [0, 0.05) is 25.5 Å². The highest BCUT2D eigenvalue weighted by Crippen LogP contribution is 2.23. The van der Waals surface area contributed by atoms with Gasteiger partial charge < -0.3 is 14.2 Å². The molecule has 30 heavy (non-hydrogen) atoms. The minimum Gasteiger partial charge on any atom is -0.378 e. The Morgan fingerprint density at radius 3 is 2.73 bits per heavy atom. The second-order valence-corrected chi connectivity index (χ2v) is 7.64. The molecule has 1 aliphatic rings. The molecule has 2 aromatic heterocycles. The van der Waals surface area contributed by atoms with Crippen LogP contribution in [0, 0.1) is 25.2 Å². The summed E-state index contributed by atoms with van der Waals surface area (Å²) in [6.45, 7) is 9.07. The molecule has 1 fully saturated rings. The molecule has 1 aromatic carbocycles. The van der Waals surface area contributed by atoms with E-state index in [9.17, 15) is 5.26 Å². The van der Waals surface area contributed by atoms with Crippen molar-refractivity contribution < 1.29 is 4.74 Å². The van der Waals surface area contributed by atoms with Crippen LogP contribution in [-0.2, 0) is 11.8 Å². The second kappa shape index (κ2) is 8.25. The number of benzene rings is 1. The van der Waals surface area contributed by atoms with E-state index in [4.69, 9.17) is 19.7 Å². The molecule has 1 saturated heterocycles. The van der Waals surface area contributed by atoms with Crippen LogP contribution >= 0.6 is 0 Å². The van der Waals surface area contributed by atoms with E-state index in [1.165, 1.54) is 0 Å². The zero-order valence-electron chi connectivity index (χ0n) is 17.9. The minimum absolute atomic E-state index is 0.124. The highest BCUT2D eigenvalue weighted by atomic mass is 16.5. The molecular weight excluding hydrogens is 376 g/mol. The van der Waals surface area contributed by atoms with Crippen LogP contribution in [0.1, 0.15) is 35.5 Å². The topological polar surface area (TPSA) is 79.3 Å². The van der Waals surface area contributed by atoms with E-state index in [0.29, 0.717) is 24.3 Å². The van der Waals surface area contributed by atoms with Crippen LogP contribution < -0.4 is 10.4 Å². The average molecular weight is 403 g/mol. The van der Waals surface area contributed by atoms with Gasteiger partial charge in [0.2, 0.25) is 0 Å². The Hall–Kier alpha value is -3.24. The average Bonchev–Trinajstić information content (AvgIpc) is 2.77. The largest absolute Gasteiger partial charge is 0.378 e. The van der Waals surface area contributed by atoms with Crippen LogP contribution in [0.5, 0.6) is 0 Å². The lowest BCUT2D eigenvalue weighted by molar-refractivity contribution is 0.122. The van der Waals surface area contributed by atoms with Gasteiger partial charge >= 0.3 is 0 Å². The summed E-state index contributed by atoms with van der Waals surface area (Å²) in [6.07, 6.45) is 1.90. The van der Waals surface area contributed by atoms with Crippen molar-refractivity contribution in [3.8, 4) is 6.07 Å². The molecule has 1 aliphatic heterocycles. The van der Waals surface area contributed by atoms with Crippen molar-refractivity contribution in [1.82, 2.24) is 14.5 Å². The van der Waals surface area contributed by atoms with E-state index in [0.717, 1.165) is 46.8 Å². The Morgan fingerprint density at radius 1 is 1.23 bits per heavy atom. The van der Waals surface area contributed by atoms with E-state index in [-0.39, 0.29) is 6.04 Å². The van der Waals surface area contributed by atoms with Crippen LogP contribution in [0.3, 0.4) is 0 Å². The van der Waals surface area contributed by atoms with Gasteiger partial charge in [-0.25, -0.2) is 9.97 Å². The fourth-order valence-electron chi connectivity index (χ4n) is 3.89. The summed E-state index contributed by atoms with van der Waals surface area (Å²) in [5, 5.41) is 10.3. The fraction of sp³-hybridized carbons (Fsp3) is 0.391.